The van der Waals surface area contributed by atoms with Gasteiger partial charge in [-0.25, -0.2) is 22.6 Å². The van der Waals surface area contributed by atoms with Crippen LogP contribution in [0.2, 0.25) is 0 Å². The maximum Gasteiger partial charge on any atom is 0.248 e. The molecule has 10 heteroatoms. The third kappa shape index (κ3) is 5.33. The van der Waals surface area contributed by atoms with Gasteiger partial charge in [0.1, 0.15) is 17.5 Å². The van der Waals surface area contributed by atoms with Crippen molar-refractivity contribution in [3.8, 4) is 0 Å². The standard InChI is InChI=1S/C28H29F4N3O2S/c1-27(2,16-36)10-4-11-33-26(37)28(3)24(17-9-12-38-15-17)25(20-7-5-18(29)13-21(20)31)34-35(28)23-8-6-19(30)14-22(23)32/h5-9,12-15,24,36H,4,10-11,16H2,1-3H3,(H,33,37). The molecule has 2 heterocycles. The molecule has 1 aromatic heterocycles. The lowest BCUT2D eigenvalue weighted by molar-refractivity contribution is -0.126. The highest BCUT2D eigenvalue weighted by Gasteiger charge is 2.55. The molecule has 0 saturated carbocycles. The van der Waals surface area contributed by atoms with Crippen LogP contribution in [0, 0.1) is 28.7 Å². The Morgan fingerprint density at radius 3 is 2.39 bits per heavy atom. The number of anilines is 1. The number of halogens is 4. The summed E-state index contributed by atoms with van der Waals surface area (Å²) in [6.07, 6.45) is 1.22. The van der Waals surface area contributed by atoms with Crippen LogP contribution in [0.4, 0.5) is 23.2 Å². The highest BCUT2D eigenvalue weighted by molar-refractivity contribution is 7.08. The third-order valence-corrected chi connectivity index (χ3v) is 7.61. The van der Waals surface area contributed by atoms with Gasteiger partial charge in [-0.2, -0.15) is 16.4 Å². The summed E-state index contributed by atoms with van der Waals surface area (Å²) >= 11 is 1.37. The molecule has 2 unspecified atom stereocenters. The second-order valence-electron chi connectivity index (χ2n) is 10.3. The van der Waals surface area contributed by atoms with Crippen LogP contribution in [0.5, 0.6) is 0 Å². The van der Waals surface area contributed by atoms with Gasteiger partial charge >= 0.3 is 0 Å². The highest BCUT2D eigenvalue weighted by atomic mass is 32.1. The number of rotatable bonds is 9. The fourth-order valence-corrected chi connectivity index (χ4v) is 5.38. The second kappa shape index (κ2) is 10.9. The predicted octanol–water partition coefficient (Wildman–Crippen LogP) is 5.99. The van der Waals surface area contributed by atoms with Crippen LogP contribution < -0.4 is 10.3 Å². The van der Waals surface area contributed by atoms with Crippen LogP contribution in [0.3, 0.4) is 0 Å². The number of carbonyl (C=O) groups excluding carboxylic acids is 1. The second-order valence-corrected chi connectivity index (χ2v) is 11.1. The van der Waals surface area contributed by atoms with Crippen molar-refractivity contribution in [3.63, 3.8) is 0 Å². The van der Waals surface area contributed by atoms with Gasteiger partial charge in [0, 0.05) is 30.8 Å². The Morgan fingerprint density at radius 2 is 1.79 bits per heavy atom. The number of thiophene rings is 1. The van der Waals surface area contributed by atoms with Crippen molar-refractivity contribution in [2.75, 3.05) is 18.2 Å². The summed E-state index contributed by atoms with van der Waals surface area (Å²) in [5, 5.41) is 21.7. The number of nitrogens with one attached hydrogen (secondary N) is 1. The molecule has 5 nitrogen and oxygen atoms in total. The lowest BCUT2D eigenvalue weighted by atomic mass is 9.76. The van der Waals surface area contributed by atoms with Gasteiger partial charge in [-0.05, 0) is 71.8 Å². The SMILES string of the molecule is CC(C)(CO)CCCNC(=O)C1(C)C(c2ccsc2)C(c2ccc(F)cc2F)=NN1c1ccc(F)cc1F. The Balaban J connectivity index is 1.81. The van der Waals surface area contributed by atoms with Gasteiger partial charge in [-0.3, -0.25) is 4.79 Å². The molecule has 2 N–H and O–H groups in total. The molecule has 202 valence electrons. The molecule has 4 rings (SSSR count). The Bertz CT molecular complexity index is 1350. The summed E-state index contributed by atoms with van der Waals surface area (Å²) in [6, 6.07) is 7.75. The van der Waals surface area contributed by atoms with Crippen LogP contribution in [0.25, 0.3) is 0 Å². The van der Waals surface area contributed by atoms with E-state index in [9.17, 15) is 18.7 Å². The first-order valence-electron chi connectivity index (χ1n) is 12.2. The van der Waals surface area contributed by atoms with E-state index in [2.05, 4.69) is 10.4 Å². The van der Waals surface area contributed by atoms with Crippen LogP contribution in [-0.2, 0) is 4.79 Å². The molecule has 0 spiro atoms. The Hall–Kier alpha value is -3.24. The molecule has 1 aliphatic heterocycles. The minimum atomic E-state index is -1.59. The van der Waals surface area contributed by atoms with Crippen molar-refractivity contribution in [3.05, 3.63) is 87.6 Å². The minimum absolute atomic E-state index is 0.00303. The average Bonchev–Trinajstić information content (AvgIpc) is 3.48. The molecular formula is C28H29F4N3O2S. The number of aliphatic hydroxyl groups is 1. The summed E-state index contributed by atoms with van der Waals surface area (Å²) in [4.78, 5) is 13.9. The third-order valence-electron chi connectivity index (χ3n) is 6.91. The molecule has 1 aliphatic rings. The lowest BCUT2D eigenvalue weighted by Crippen LogP contribution is -2.57. The van der Waals surface area contributed by atoms with E-state index in [4.69, 9.17) is 0 Å². The van der Waals surface area contributed by atoms with E-state index in [0.717, 1.165) is 23.2 Å². The molecule has 0 saturated heterocycles. The van der Waals surface area contributed by atoms with Crippen molar-refractivity contribution in [2.45, 2.75) is 45.1 Å². The smallest absolute Gasteiger partial charge is 0.248 e. The molecule has 0 aliphatic carbocycles. The van der Waals surface area contributed by atoms with Crippen molar-refractivity contribution in [2.24, 2.45) is 10.5 Å². The molecule has 2 atom stereocenters. The maximum absolute atomic E-state index is 15.1. The zero-order valence-electron chi connectivity index (χ0n) is 21.3. The molecular weight excluding hydrogens is 518 g/mol. The van der Waals surface area contributed by atoms with E-state index in [1.165, 1.54) is 23.5 Å². The molecule has 3 aromatic rings. The summed E-state index contributed by atoms with van der Waals surface area (Å²) in [5.41, 5.74) is -1.35. The molecule has 38 heavy (non-hydrogen) atoms. The van der Waals surface area contributed by atoms with E-state index in [0.29, 0.717) is 24.5 Å². The zero-order valence-corrected chi connectivity index (χ0v) is 22.1. The summed E-state index contributed by atoms with van der Waals surface area (Å²) in [5.74, 6) is -4.76. The van der Waals surface area contributed by atoms with E-state index < -0.39 is 40.6 Å². The molecule has 0 bridgehead atoms. The van der Waals surface area contributed by atoms with Crippen molar-refractivity contribution in [1.29, 1.82) is 0 Å². The zero-order chi connectivity index (χ0) is 27.7. The summed E-state index contributed by atoms with van der Waals surface area (Å²) < 4.78 is 57.7. The van der Waals surface area contributed by atoms with E-state index in [-0.39, 0.29) is 35.5 Å². The summed E-state index contributed by atoms with van der Waals surface area (Å²) in [6.45, 7) is 5.67. The van der Waals surface area contributed by atoms with E-state index >= 15 is 8.78 Å². The van der Waals surface area contributed by atoms with Gasteiger partial charge < -0.3 is 10.4 Å². The van der Waals surface area contributed by atoms with Crippen molar-refractivity contribution >= 4 is 28.6 Å². The largest absolute Gasteiger partial charge is 0.396 e. The van der Waals surface area contributed by atoms with E-state index in [1.807, 2.05) is 13.8 Å². The van der Waals surface area contributed by atoms with Crippen LogP contribution >= 0.6 is 11.3 Å². The quantitative estimate of drug-likeness (QED) is 0.256. The fraction of sp³-hybridized carbons (Fsp3) is 0.357. The van der Waals surface area contributed by atoms with Gasteiger partial charge in [-0.1, -0.05) is 13.8 Å². The first-order valence-corrected chi connectivity index (χ1v) is 13.1. The Kier molecular flexibility index (Phi) is 7.94. The number of hydrogen-bond donors (Lipinski definition) is 2. The van der Waals surface area contributed by atoms with Gasteiger partial charge in [-0.15, -0.1) is 0 Å². The van der Waals surface area contributed by atoms with Crippen molar-refractivity contribution in [1.82, 2.24) is 5.32 Å². The Labute approximate surface area is 222 Å². The van der Waals surface area contributed by atoms with Gasteiger partial charge in [0.2, 0.25) is 5.91 Å². The number of carbonyl (C=O) groups is 1. The number of hydrazone groups is 1. The number of amides is 1. The lowest BCUT2D eigenvalue weighted by Gasteiger charge is -2.37. The highest BCUT2D eigenvalue weighted by Crippen LogP contribution is 2.46. The molecule has 1 amide bonds. The molecule has 0 fully saturated rings. The normalized spacial score (nSPS) is 19.5. The monoisotopic (exact) mass is 547 g/mol. The first kappa shape index (κ1) is 27.8. The van der Waals surface area contributed by atoms with Crippen LogP contribution in [0.1, 0.15) is 50.7 Å². The molecule has 0 radical (unpaired) electrons. The summed E-state index contributed by atoms with van der Waals surface area (Å²) in [7, 11) is 0. The van der Waals surface area contributed by atoms with Crippen LogP contribution in [0.15, 0.2) is 58.3 Å². The van der Waals surface area contributed by atoms with Crippen LogP contribution in [-0.4, -0.2) is 35.4 Å². The topological polar surface area (TPSA) is 64.9 Å². The first-order chi connectivity index (χ1) is 18.0. The van der Waals surface area contributed by atoms with E-state index in [1.54, 1.807) is 23.8 Å². The molecule has 2 aromatic carbocycles. The van der Waals surface area contributed by atoms with Gasteiger partial charge in [0.25, 0.3) is 0 Å². The minimum Gasteiger partial charge on any atom is -0.396 e. The number of nitrogens with zero attached hydrogens (tertiary/aromatic N) is 2. The number of aliphatic hydroxyl groups excluding tert-OH is 1. The maximum atomic E-state index is 15.1. The van der Waals surface area contributed by atoms with Crippen molar-refractivity contribution < 1.29 is 27.5 Å². The number of benzene rings is 2. The van der Waals surface area contributed by atoms with Gasteiger partial charge in [0.15, 0.2) is 11.4 Å². The predicted molar refractivity (Wildman–Crippen MR) is 140 cm³/mol. The van der Waals surface area contributed by atoms with Gasteiger partial charge in [0.05, 0.1) is 17.3 Å². The average molecular weight is 548 g/mol. The number of hydrogen-bond acceptors (Lipinski definition) is 5. The Morgan fingerprint density at radius 1 is 1.11 bits per heavy atom. The fourth-order valence-electron chi connectivity index (χ4n) is 4.70.